The monoisotopic (exact) mass is 657 g/mol. The number of nitrogens with zero attached hydrogens (tertiary/aromatic N) is 2. The van der Waals surface area contributed by atoms with E-state index >= 15 is 0 Å². The maximum atomic E-state index is 6.44. The third-order valence-corrected chi connectivity index (χ3v) is 9.96. The first-order valence-corrected chi connectivity index (χ1v) is 17.0. The molecule has 11 rings (SSSR count). The Bertz CT molecular complexity index is 3070. The van der Waals surface area contributed by atoms with Crippen molar-refractivity contribution in [1.29, 1.82) is 0 Å². The average Bonchev–Trinajstić information content (AvgIpc) is 3.88. The lowest BCUT2D eigenvalue weighted by Gasteiger charge is -2.24. The summed E-state index contributed by atoms with van der Waals surface area (Å²) < 4.78 is 18.9. The maximum Gasteiger partial charge on any atom is 0.159 e. The molecule has 1 aliphatic rings. The minimum atomic E-state index is -0.398. The number of rotatable bonds is 4. The van der Waals surface area contributed by atoms with Crippen molar-refractivity contribution in [2.45, 2.75) is 6.17 Å². The molecule has 0 spiro atoms. The van der Waals surface area contributed by atoms with Crippen molar-refractivity contribution < 1.29 is 13.3 Å². The lowest BCUT2D eigenvalue weighted by atomic mass is 9.99. The van der Waals surface area contributed by atoms with Crippen LogP contribution in [0.25, 0.3) is 76.9 Å². The number of furan rings is 3. The Morgan fingerprint density at radius 3 is 1.84 bits per heavy atom. The van der Waals surface area contributed by atoms with Crippen molar-refractivity contribution in [2.24, 2.45) is 9.98 Å². The number of hydrogen-bond donors (Lipinski definition) is 1. The molecule has 0 saturated heterocycles. The molecule has 1 N–H and O–H groups in total. The van der Waals surface area contributed by atoms with Crippen molar-refractivity contribution in [2.75, 3.05) is 0 Å². The fourth-order valence-corrected chi connectivity index (χ4v) is 7.50. The normalized spacial score (nSPS) is 14.9. The van der Waals surface area contributed by atoms with Crippen molar-refractivity contribution >= 4 is 77.5 Å². The van der Waals surface area contributed by atoms with Crippen LogP contribution in [0.5, 0.6) is 0 Å². The Kier molecular flexibility index (Phi) is 5.92. The van der Waals surface area contributed by atoms with E-state index in [2.05, 4.69) is 78.1 Å². The van der Waals surface area contributed by atoms with Crippen LogP contribution in [-0.4, -0.2) is 11.7 Å². The predicted molar refractivity (Wildman–Crippen MR) is 206 cm³/mol. The smallest absolute Gasteiger partial charge is 0.159 e. The van der Waals surface area contributed by atoms with Crippen LogP contribution in [0.15, 0.2) is 175 Å². The van der Waals surface area contributed by atoms with Crippen molar-refractivity contribution in [1.82, 2.24) is 5.32 Å². The second-order valence-electron chi connectivity index (χ2n) is 13.0. The van der Waals surface area contributed by atoms with E-state index in [-0.39, 0.29) is 0 Å². The molecular weight excluding hydrogens is 631 g/mol. The van der Waals surface area contributed by atoms with Crippen LogP contribution in [0, 0.1) is 0 Å². The number of para-hydroxylation sites is 2. The molecule has 240 valence electrons. The third kappa shape index (κ3) is 4.43. The highest BCUT2D eigenvalue weighted by Crippen LogP contribution is 2.38. The van der Waals surface area contributed by atoms with Gasteiger partial charge in [0.2, 0.25) is 0 Å². The van der Waals surface area contributed by atoms with Crippen LogP contribution < -0.4 is 5.32 Å². The fraction of sp³-hybridized carbons (Fsp3) is 0.0222. The molecular formula is C45H27N3O3. The summed E-state index contributed by atoms with van der Waals surface area (Å²) in [5.74, 6) is 1.38. The maximum absolute atomic E-state index is 6.44. The summed E-state index contributed by atoms with van der Waals surface area (Å²) in [6.45, 7) is 0. The van der Waals surface area contributed by atoms with E-state index in [9.17, 15) is 0 Å². The van der Waals surface area contributed by atoms with Gasteiger partial charge in [0.05, 0.1) is 0 Å². The Hall–Kier alpha value is -6.92. The van der Waals surface area contributed by atoms with Gasteiger partial charge in [0.1, 0.15) is 45.5 Å². The highest BCUT2D eigenvalue weighted by molar-refractivity contribution is 6.22. The van der Waals surface area contributed by atoms with Crippen LogP contribution in [0.3, 0.4) is 0 Å². The Morgan fingerprint density at radius 1 is 0.431 bits per heavy atom. The summed E-state index contributed by atoms with van der Waals surface area (Å²) >= 11 is 0. The highest BCUT2D eigenvalue weighted by Gasteiger charge is 2.25. The van der Waals surface area contributed by atoms with Crippen molar-refractivity contribution in [3.63, 3.8) is 0 Å². The van der Waals surface area contributed by atoms with Gasteiger partial charge in [0.25, 0.3) is 0 Å². The minimum Gasteiger partial charge on any atom is -0.456 e. The van der Waals surface area contributed by atoms with Gasteiger partial charge in [-0.15, -0.1) is 0 Å². The lowest BCUT2D eigenvalue weighted by molar-refractivity contribution is 0.655. The first kappa shape index (κ1) is 28.0. The van der Waals surface area contributed by atoms with Crippen LogP contribution in [0.4, 0.5) is 0 Å². The molecule has 51 heavy (non-hydrogen) atoms. The van der Waals surface area contributed by atoms with E-state index in [0.29, 0.717) is 5.84 Å². The number of aliphatic imine (C=N–C) groups is 2. The predicted octanol–water partition coefficient (Wildman–Crippen LogP) is 11.5. The van der Waals surface area contributed by atoms with E-state index in [1.165, 1.54) is 0 Å². The standard InChI is InChI=1S/C45H27N3O3/c1-2-9-26(10-3-1)43-46-44(29-18-21-33-31-12-5-7-15-37(31)51-41(33)25-29)48-45(47-43)34-13-8-16-39-42(34)35-23-27(19-22-38(35)49-39)28-17-20-32-30-11-4-6-14-36(30)50-40(32)24-28/h1-25,44H,(H,46,47,48). The molecule has 4 heterocycles. The molecule has 1 atom stereocenters. The minimum absolute atomic E-state index is 0.398. The van der Waals surface area contributed by atoms with Gasteiger partial charge in [-0.05, 0) is 59.7 Å². The van der Waals surface area contributed by atoms with E-state index < -0.39 is 6.17 Å². The van der Waals surface area contributed by atoms with E-state index in [1.807, 2.05) is 78.9 Å². The molecule has 0 aliphatic carbocycles. The SMILES string of the molecule is c1ccc(C2=NC(c3ccc4c(c3)oc3ccccc34)NC(c3cccc4oc5ccc(-c6ccc7c(c6)oc6ccccc67)cc5c34)=N2)cc1. The molecule has 1 unspecified atom stereocenters. The molecule has 3 aromatic heterocycles. The Labute approximate surface area is 291 Å². The van der Waals surface area contributed by atoms with Crippen LogP contribution >= 0.6 is 0 Å². The van der Waals surface area contributed by atoms with Gasteiger partial charge in [-0.25, -0.2) is 9.98 Å². The molecule has 0 saturated carbocycles. The highest BCUT2D eigenvalue weighted by atomic mass is 16.3. The molecule has 6 heteroatoms. The zero-order valence-electron chi connectivity index (χ0n) is 27.1. The first-order chi connectivity index (χ1) is 25.2. The van der Waals surface area contributed by atoms with Gasteiger partial charge in [0.15, 0.2) is 5.84 Å². The zero-order chi connectivity index (χ0) is 33.5. The first-order valence-electron chi connectivity index (χ1n) is 17.0. The van der Waals surface area contributed by atoms with Crippen LogP contribution in [0.1, 0.15) is 22.9 Å². The molecule has 0 radical (unpaired) electrons. The van der Waals surface area contributed by atoms with E-state index in [0.717, 1.165) is 99.5 Å². The van der Waals surface area contributed by atoms with Gasteiger partial charge in [-0.2, -0.15) is 0 Å². The second kappa shape index (κ2) is 10.8. The summed E-state index contributed by atoms with van der Waals surface area (Å²) in [5, 5.41) is 10.1. The quantitative estimate of drug-likeness (QED) is 0.204. The number of benzene rings is 7. The zero-order valence-corrected chi connectivity index (χ0v) is 27.1. The fourth-order valence-electron chi connectivity index (χ4n) is 7.50. The van der Waals surface area contributed by atoms with Gasteiger partial charge < -0.3 is 18.6 Å². The lowest BCUT2D eigenvalue weighted by Crippen LogP contribution is -2.33. The molecule has 0 fully saturated rings. The number of fused-ring (bicyclic) bond motifs is 9. The number of hydrogen-bond acceptors (Lipinski definition) is 6. The molecule has 0 bridgehead atoms. The summed E-state index contributed by atoms with van der Waals surface area (Å²) in [7, 11) is 0. The third-order valence-electron chi connectivity index (χ3n) is 9.96. The van der Waals surface area contributed by atoms with Gasteiger partial charge in [-0.3, -0.25) is 0 Å². The number of nitrogens with one attached hydrogen (secondary N) is 1. The van der Waals surface area contributed by atoms with Crippen molar-refractivity contribution in [3.8, 4) is 11.1 Å². The van der Waals surface area contributed by atoms with E-state index in [4.69, 9.17) is 23.2 Å². The van der Waals surface area contributed by atoms with Gasteiger partial charge in [0, 0.05) is 49.0 Å². The summed E-state index contributed by atoms with van der Waals surface area (Å²) in [6.07, 6.45) is -0.398. The largest absolute Gasteiger partial charge is 0.456 e. The van der Waals surface area contributed by atoms with Gasteiger partial charge in [-0.1, -0.05) is 103 Å². The molecule has 10 aromatic rings. The van der Waals surface area contributed by atoms with Crippen molar-refractivity contribution in [3.05, 3.63) is 168 Å². The molecule has 7 aromatic carbocycles. The van der Waals surface area contributed by atoms with E-state index in [1.54, 1.807) is 0 Å². The topological polar surface area (TPSA) is 76.2 Å². The Balaban J connectivity index is 1.05. The molecule has 0 amide bonds. The summed E-state index contributed by atoms with van der Waals surface area (Å²) in [5.41, 5.74) is 10.1. The second-order valence-corrected chi connectivity index (χ2v) is 13.0. The number of amidine groups is 2. The van der Waals surface area contributed by atoms with Gasteiger partial charge >= 0.3 is 0 Å². The summed E-state index contributed by atoms with van der Waals surface area (Å²) in [4.78, 5) is 10.3. The summed E-state index contributed by atoms with van der Waals surface area (Å²) in [6, 6.07) is 51.7. The molecule has 1 aliphatic heterocycles. The molecule has 6 nitrogen and oxygen atoms in total. The van der Waals surface area contributed by atoms with Crippen LogP contribution in [0.2, 0.25) is 0 Å². The Morgan fingerprint density at radius 2 is 1.04 bits per heavy atom. The average molecular weight is 658 g/mol. The van der Waals surface area contributed by atoms with Crippen LogP contribution in [-0.2, 0) is 0 Å².